The molecule has 4 aromatic rings. The molecule has 0 saturated heterocycles. The predicted octanol–water partition coefficient (Wildman–Crippen LogP) is 2.56. The molecule has 0 unspecified atom stereocenters. The molecular formula is C23H24N8O5. The van der Waals surface area contributed by atoms with Crippen LogP contribution < -0.4 is 20.6 Å². The summed E-state index contributed by atoms with van der Waals surface area (Å²) in [5, 5.41) is 29.4. The quantitative estimate of drug-likeness (QED) is 0.232. The number of methoxy groups -OCH3 is 1. The summed E-state index contributed by atoms with van der Waals surface area (Å²) in [6, 6.07) is 11.8. The first kappa shape index (κ1) is 24.2. The Morgan fingerprint density at radius 1 is 1.22 bits per heavy atom. The van der Waals surface area contributed by atoms with E-state index < -0.39 is 5.91 Å². The van der Waals surface area contributed by atoms with Gasteiger partial charge in [-0.25, -0.2) is 10.1 Å². The zero-order valence-corrected chi connectivity index (χ0v) is 19.8. The molecule has 0 aliphatic rings. The summed E-state index contributed by atoms with van der Waals surface area (Å²) in [5.74, 6) is 0.390. The second-order valence-corrected chi connectivity index (χ2v) is 7.57. The topological polar surface area (TPSA) is 176 Å². The highest BCUT2D eigenvalue weighted by atomic mass is 16.6. The van der Waals surface area contributed by atoms with Crippen molar-refractivity contribution in [3.63, 3.8) is 0 Å². The van der Waals surface area contributed by atoms with Gasteiger partial charge in [-0.05, 0) is 66.1 Å². The smallest absolute Gasteiger partial charge is 0.294 e. The van der Waals surface area contributed by atoms with Crippen molar-refractivity contribution in [3.8, 4) is 34.3 Å². The fourth-order valence-corrected chi connectivity index (χ4v) is 3.26. The number of benzene rings is 2. The molecule has 0 fully saturated rings. The van der Waals surface area contributed by atoms with Gasteiger partial charge in [-0.15, -0.1) is 5.10 Å². The van der Waals surface area contributed by atoms with Gasteiger partial charge >= 0.3 is 0 Å². The van der Waals surface area contributed by atoms with Crippen LogP contribution in [0.1, 0.15) is 36.3 Å². The number of hydrogen-bond acceptors (Lipinski definition) is 11. The molecule has 4 N–H and O–H groups in total. The minimum absolute atomic E-state index is 0.00734. The van der Waals surface area contributed by atoms with Crippen molar-refractivity contribution in [1.82, 2.24) is 30.7 Å². The molecule has 0 atom stereocenters. The largest absolute Gasteiger partial charge is 0.504 e. The number of phenolic OH excluding ortho intramolecular Hbond substituents is 1. The van der Waals surface area contributed by atoms with Crippen LogP contribution in [0.5, 0.6) is 17.2 Å². The fourth-order valence-electron chi connectivity index (χ4n) is 3.26. The molecule has 0 saturated carbocycles. The Labute approximate surface area is 205 Å². The van der Waals surface area contributed by atoms with Gasteiger partial charge in [-0.2, -0.15) is 9.78 Å². The average Bonchev–Trinajstić information content (AvgIpc) is 3.52. The monoisotopic (exact) mass is 492 g/mol. The fraction of sp³-hybridized carbons (Fsp3) is 0.217. The lowest BCUT2D eigenvalue weighted by atomic mass is 10.1. The van der Waals surface area contributed by atoms with Gasteiger partial charge in [0.1, 0.15) is 11.4 Å². The Kier molecular flexibility index (Phi) is 7.09. The van der Waals surface area contributed by atoms with Gasteiger partial charge in [0.25, 0.3) is 5.91 Å². The highest BCUT2D eigenvalue weighted by Crippen LogP contribution is 2.29. The molecular weight excluding hydrogens is 468 g/mol. The number of rotatable bonds is 9. The number of anilines is 1. The maximum Gasteiger partial charge on any atom is 0.294 e. The molecule has 36 heavy (non-hydrogen) atoms. The van der Waals surface area contributed by atoms with Crippen LogP contribution in [0.25, 0.3) is 17.1 Å². The SMILES string of the molecule is CCCOc1ccc(-c2c(C(=O)N/N=C(\C)c3ccc(O)c(OC)c3)nnn2-c2nonc2N)cc1. The first-order valence-electron chi connectivity index (χ1n) is 10.9. The van der Waals surface area contributed by atoms with Crippen LogP contribution in [-0.4, -0.2) is 55.7 Å². The third-order valence-electron chi connectivity index (χ3n) is 5.10. The van der Waals surface area contributed by atoms with Crippen molar-refractivity contribution in [2.45, 2.75) is 20.3 Å². The number of amides is 1. The van der Waals surface area contributed by atoms with E-state index in [9.17, 15) is 9.90 Å². The summed E-state index contributed by atoms with van der Waals surface area (Å²) in [7, 11) is 1.44. The van der Waals surface area contributed by atoms with Crippen LogP contribution >= 0.6 is 0 Å². The molecule has 0 spiro atoms. The van der Waals surface area contributed by atoms with Crippen molar-refractivity contribution >= 4 is 17.4 Å². The van der Waals surface area contributed by atoms with Crippen molar-refractivity contribution < 1.29 is 24.0 Å². The number of nitrogens with two attached hydrogens (primary N) is 1. The minimum Gasteiger partial charge on any atom is -0.504 e. The highest BCUT2D eigenvalue weighted by molar-refractivity contribution is 6.02. The molecule has 2 aromatic carbocycles. The third-order valence-corrected chi connectivity index (χ3v) is 5.10. The lowest BCUT2D eigenvalue weighted by Gasteiger charge is -2.09. The number of nitrogens with one attached hydrogen (secondary N) is 1. The molecule has 0 bridgehead atoms. The number of phenols is 1. The van der Waals surface area contributed by atoms with E-state index in [4.69, 9.17) is 19.8 Å². The molecule has 0 radical (unpaired) electrons. The Hall–Kier alpha value is -4.94. The zero-order chi connectivity index (χ0) is 25.7. The summed E-state index contributed by atoms with van der Waals surface area (Å²) in [5.41, 5.74) is 10.3. The van der Waals surface area contributed by atoms with Gasteiger partial charge in [-0.3, -0.25) is 4.79 Å². The molecule has 2 aromatic heterocycles. The Balaban J connectivity index is 1.67. The molecule has 1 amide bonds. The van der Waals surface area contributed by atoms with Crippen LogP contribution in [0.3, 0.4) is 0 Å². The summed E-state index contributed by atoms with van der Waals surface area (Å²) in [6.45, 7) is 4.29. The highest BCUT2D eigenvalue weighted by Gasteiger charge is 2.25. The van der Waals surface area contributed by atoms with Crippen LogP contribution in [0.4, 0.5) is 5.82 Å². The second kappa shape index (κ2) is 10.5. The number of aromatic hydroxyl groups is 1. The number of hydrogen-bond donors (Lipinski definition) is 3. The molecule has 13 heteroatoms. The second-order valence-electron chi connectivity index (χ2n) is 7.57. The zero-order valence-electron chi connectivity index (χ0n) is 19.8. The molecule has 4 rings (SSSR count). The van der Waals surface area contributed by atoms with Crippen LogP contribution in [0.15, 0.2) is 52.2 Å². The Bertz CT molecular complexity index is 1390. The molecule has 0 aliphatic heterocycles. The number of carbonyl (C=O) groups is 1. The first-order valence-corrected chi connectivity index (χ1v) is 10.9. The van der Waals surface area contributed by atoms with E-state index in [-0.39, 0.29) is 28.8 Å². The van der Waals surface area contributed by atoms with Crippen molar-refractivity contribution in [3.05, 3.63) is 53.7 Å². The van der Waals surface area contributed by atoms with E-state index in [2.05, 4.69) is 31.2 Å². The minimum atomic E-state index is -0.623. The maximum atomic E-state index is 13.1. The van der Waals surface area contributed by atoms with Gasteiger partial charge < -0.3 is 20.3 Å². The van der Waals surface area contributed by atoms with Gasteiger partial charge in [0, 0.05) is 11.1 Å². The van der Waals surface area contributed by atoms with Crippen LogP contribution in [-0.2, 0) is 0 Å². The summed E-state index contributed by atoms with van der Waals surface area (Å²) in [4.78, 5) is 13.1. The average molecular weight is 492 g/mol. The number of nitrogens with zero attached hydrogens (tertiary/aromatic N) is 6. The van der Waals surface area contributed by atoms with Crippen molar-refractivity contribution in [2.24, 2.45) is 5.10 Å². The number of carbonyl (C=O) groups excluding carboxylic acids is 1. The van der Waals surface area contributed by atoms with E-state index in [1.54, 1.807) is 43.3 Å². The Morgan fingerprint density at radius 2 is 2.00 bits per heavy atom. The molecule has 186 valence electrons. The summed E-state index contributed by atoms with van der Waals surface area (Å²) >= 11 is 0. The standard InChI is InChI=1S/C23H24N8O5/c1-4-11-35-16-8-5-14(6-9-16)20-19(26-30-31(20)22-21(24)28-36-29-22)23(33)27-25-13(2)15-7-10-17(32)18(12-15)34-3/h5-10,12,32H,4,11H2,1-3H3,(H2,24,28)(H,27,33)/b25-13+. The lowest BCUT2D eigenvalue weighted by Crippen LogP contribution is -2.21. The van der Waals surface area contributed by atoms with E-state index in [0.29, 0.717) is 34.9 Å². The summed E-state index contributed by atoms with van der Waals surface area (Å²) in [6.07, 6.45) is 0.873. The normalized spacial score (nSPS) is 11.4. The first-order chi connectivity index (χ1) is 17.4. The number of ether oxygens (including phenoxy) is 2. The van der Waals surface area contributed by atoms with Gasteiger partial charge in [0.2, 0.25) is 11.6 Å². The van der Waals surface area contributed by atoms with Crippen LogP contribution in [0.2, 0.25) is 0 Å². The summed E-state index contributed by atoms with van der Waals surface area (Å²) < 4.78 is 16.7. The van der Waals surface area contributed by atoms with E-state index in [1.165, 1.54) is 17.9 Å². The van der Waals surface area contributed by atoms with Gasteiger partial charge in [-0.1, -0.05) is 12.1 Å². The van der Waals surface area contributed by atoms with E-state index >= 15 is 0 Å². The number of hydrazone groups is 1. The van der Waals surface area contributed by atoms with Gasteiger partial charge in [0.15, 0.2) is 17.2 Å². The third kappa shape index (κ3) is 4.94. The Morgan fingerprint density at radius 3 is 2.67 bits per heavy atom. The van der Waals surface area contributed by atoms with E-state index in [0.717, 1.165) is 6.42 Å². The van der Waals surface area contributed by atoms with Gasteiger partial charge in [0.05, 0.1) is 19.4 Å². The maximum absolute atomic E-state index is 13.1. The van der Waals surface area contributed by atoms with Crippen LogP contribution in [0, 0.1) is 0 Å². The van der Waals surface area contributed by atoms with E-state index in [1.807, 2.05) is 6.92 Å². The molecule has 0 aliphatic carbocycles. The lowest BCUT2D eigenvalue weighted by molar-refractivity contribution is 0.0950. The number of nitrogen functional groups attached to an aromatic ring is 1. The number of aromatic nitrogens is 5. The molecule has 13 nitrogen and oxygen atoms in total. The predicted molar refractivity (Wildman–Crippen MR) is 129 cm³/mol. The van der Waals surface area contributed by atoms with Crippen molar-refractivity contribution in [2.75, 3.05) is 19.5 Å². The van der Waals surface area contributed by atoms with Crippen molar-refractivity contribution in [1.29, 1.82) is 0 Å². The molecule has 2 heterocycles.